The van der Waals surface area contributed by atoms with Gasteiger partial charge in [0.25, 0.3) is 0 Å². The molecule has 2 rings (SSSR count). The summed E-state index contributed by atoms with van der Waals surface area (Å²) in [6, 6.07) is 12.4. The number of hydrogen-bond donors (Lipinski definition) is 1. The van der Waals surface area contributed by atoms with E-state index in [4.69, 9.17) is 22.1 Å². The molecule has 0 bridgehead atoms. The standard InChI is InChI=1S/C15H14ClNO2/c1-2-19-15(18)11-6-7-14(17)13(9-11)10-4-3-5-12(16)8-10/h3-9H,2,17H2,1H3. The number of carbonyl (C=O) groups is 1. The van der Waals surface area contributed by atoms with E-state index >= 15 is 0 Å². The number of nitrogen functional groups attached to an aromatic ring is 1. The average Bonchev–Trinajstić information content (AvgIpc) is 2.39. The van der Waals surface area contributed by atoms with Crippen molar-refractivity contribution in [2.45, 2.75) is 6.92 Å². The van der Waals surface area contributed by atoms with Crippen molar-refractivity contribution in [1.82, 2.24) is 0 Å². The molecular formula is C15H14ClNO2. The lowest BCUT2D eigenvalue weighted by Crippen LogP contribution is -2.05. The SMILES string of the molecule is CCOC(=O)c1ccc(N)c(-c2cccc(Cl)c2)c1. The molecule has 0 unspecified atom stereocenters. The Bertz CT molecular complexity index is 611. The molecule has 2 aromatic rings. The highest BCUT2D eigenvalue weighted by Crippen LogP contribution is 2.29. The van der Waals surface area contributed by atoms with Gasteiger partial charge in [0.1, 0.15) is 0 Å². The minimum atomic E-state index is -0.356. The number of carbonyl (C=O) groups excluding carboxylic acids is 1. The van der Waals surface area contributed by atoms with E-state index in [1.165, 1.54) is 0 Å². The summed E-state index contributed by atoms with van der Waals surface area (Å²) in [5, 5.41) is 0.624. The Morgan fingerprint density at radius 2 is 2.05 bits per heavy atom. The third-order valence-corrected chi connectivity index (χ3v) is 2.94. The van der Waals surface area contributed by atoms with E-state index in [1.807, 2.05) is 18.2 Å². The van der Waals surface area contributed by atoms with Crippen LogP contribution in [0, 0.1) is 0 Å². The Morgan fingerprint density at radius 1 is 1.26 bits per heavy atom. The molecule has 0 aromatic heterocycles. The first kappa shape index (κ1) is 13.4. The number of benzene rings is 2. The Hall–Kier alpha value is -2.00. The monoisotopic (exact) mass is 275 g/mol. The quantitative estimate of drug-likeness (QED) is 0.685. The van der Waals surface area contributed by atoms with Crippen LogP contribution < -0.4 is 5.73 Å². The molecule has 0 radical (unpaired) electrons. The summed E-state index contributed by atoms with van der Waals surface area (Å²) in [4.78, 5) is 11.7. The zero-order chi connectivity index (χ0) is 13.8. The van der Waals surface area contributed by atoms with Gasteiger partial charge in [0, 0.05) is 16.3 Å². The van der Waals surface area contributed by atoms with E-state index < -0.39 is 0 Å². The summed E-state index contributed by atoms with van der Waals surface area (Å²) in [6.45, 7) is 2.11. The van der Waals surface area contributed by atoms with Crippen LogP contribution in [-0.4, -0.2) is 12.6 Å². The minimum Gasteiger partial charge on any atom is -0.462 e. The van der Waals surface area contributed by atoms with E-state index in [0.29, 0.717) is 22.9 Å². The van der Waals surface area contributed by atoms with Gasteiger partial charge in [-0.1, -0.05) is 23.7 Å². The molecule has 0 saturated carbocycles. The van der Waals surface area contributed by atoms with Gasteiger partial charge in [0.05, 0.1) is 12.2 Å². The second kappa shape index (κ2) is 5.76. The number of rotatable bonds is 3. The number of nitrogens with two attached hydrogens (primary N) is 1. The van der Waals surface area contributed by atoms with Crippen molar-refractivity contribution in [2.75, 3.05) is 12.3 Å². The van der Waals surface area contributed by atoms with Crippen molar-refractivity contribution in [3.8, 4) is 11.1 Å². The Morgan fingerprint density at radius 3 is 2.74 bits per heavy atom. The summed E-state index contributed by atoms with van der Waals surface area (Å²) in [6.07, 6.45) is 0. The molecule has 0 heterocycles. The van der Waals surface area contributed by atoms with E-state index in [9.17, 15) is 4.79 Å². The fraction of sp³-hybridized carbons (Fsp3) is 0.133. The fourth-order valence-corrected chi connectivity index (χ4v) is 1.99. The maximum Gasteiger partial charge on any atom is 0.338 e. The lowest BCUT2D eigenvalue weighted by molar-refractivity contribution is 0.0526. The maximum absolute atomic E-state index is 11.7. The molecule has 0 aliphatic carbocycles. The van der Waals surface area contributed by atoms with Gasteiger partial charge in [-0.25, -0.2) is 4.79 Å². The smallest absolute Gasteiger partial charge is 0.338 e. The first-order valence-electron chi connectivity index (χ1n) is 5.94. The molecule has 3 nitrogen and oxygen atoms in total. The predicted octanol–water partition coefficient (Wildman–Crippen LogP) is 3.77. The molecule has 0 fully saturated rings. The summed E-state index contributed by atoms with van der Waals surface area (Å²) < 4.78 is 4.98. The summed E-state index contributed by atoms with van der Waals surface area (Å²) in [5.41, 5.74) is 8.66. The second-order valence-electron chi connectivity index (χ2n) is 4.03. The van der Waals surface area contributed by atoms with Crippen LogP contribution in [0.1, 0.15) is 17.3 Å². The van der Waals surface area contributed by atoms with Gasteiger partial charge >= 0.3 is 5.97 Å². The molecule has 0 aliphatic rings. The Labute approximate surface area is 117 Å². The molecule has 0 saturated heterocycles. The first-order valence-corrected chi connectivity index (χ1v) is 6.32. The number of hydrogen-bond acceptors (Lipinski definition) is 3. The molecule has 0 spiro atoms. The van der Waals surface area contributed by atoms with Crippen LogP contribution in [0.25, 0.3) is 11.1 Å². The van der Waals surface area contributed by atoms with Crippen LogP contribution in [0.15, 0.2) is 42.5 Å². The maximum atomic E-state index is 11.7. The lowest BCUT2D eigenvalue weighted by atomic mass is 10.0. The Balaban J connectivity index is 2.45. The van der Waals surface area contributed by atoms with Gasteiger partial charge in [-0.15, -0.1) is 0 Å². The van der Waals surface area contributed by atoms with Crippen molar-refractivity contribution < 1.29 is 9.53 Å². The third kappa shape index (κ3) is 3.06. The molecule has 2 aromatic carbocycles. The van der Waals surface area contributed by atoms with E-state index in [1.54, 1.807) is 31.2 Å². The van der Waals surface area contributed by atoms with Crippen molar-refractivity contribution in [3.63, 3.8) is 0 Å². The topological polar surface area (TPSA) is 52.3 Å². The summed E-state index contributed by atoms with van der Waals surface area (Å²) in [7, 11) is 0. The van der Waals surface area contributed by atoms with Gasteiger partial charge < -0.3 is 10.5 Å². The Kier molecular flexibility index (Phi) is 4.07. The third-order valence-electron chi connectivity index (χ3n) is 2.70. The molecule has 19 heavy (non-hydrogen) atoms. The second-order valence-corrected chi connectivity index (χ2v) is 4.47. The van der Waals surface area contributed by atoms with Gasteiger partial charge in [0.15, 0.2) is 0 Å². The largest absolute Gasteiger partial charge is 0.462 e. The van der Waals surface area contributed by atoms with Crippen LogP contribution in [0.3, 0.4) is 0 Å². The van der Waals surface area contributed by atoms with Crippen LogP contribution in [0.4, 0.5) is 5.69 Å². The molecular weight excluding hydrogens is 262 g/mol. The summed E-state index contributed by atoms with van der Waals surface area (Å²) in [5.74, 6) is -0.356. The van der Waals surface area contributed by atoms with Crippen LogP contribution >= 0.6 is 11.6 Å². The van der Waals surface area contributed by atoms with Gasteiger partial charge in [-0.3, -0.25) is 0 Å². The van der Waals surface area contributed by atoms with Crippen LogP contribution in [-0.2, 0) is 4.74 Å². The molecule has 0 amide bonds. The predicted molar refractivity (Wildman–Crippen MR) is 77.3 cm³/mol. The average molecular weight is 276 g/mol. The summed E-state index contributed by atoms with van der Waals surface area (Å²) >= 11 is 5.97. The first-order chi connectivity index (χ1) is 9.11. The van der Waals surface area contributed by atoms with E-state index in [2.05, 4.69) is 0 Å². The zero-order valence-corrected chi connectivity index (χ0v) is 11.3. The highest BCUT2D eigenvalue weighted by atomic mass is 35.5. The number of halogens is 1. The van der Waals surface area contributed by atoms with Crippen LogP contribution in [0.2, 0.25) is 5.02 Å². The highest BCUT2D eigenvalue weighted by molar-refractivity contribution is 6.30. The molecule has 98 valence electrons. The number of esters is 1. The normalized spacial score (nSPS) is 10.2. The highest BCUT2D eigenvalue weighted by Gasteiger charge is 2.10. The van der Waals surface area contributed by atoms with Crippen LogP contribution in [0.5, 0.6) is 0 Å². The van der Waals surface area contributed by atoms with Gasteiger partial charge in [-0.05, 0) is 42.8 Å². The van der Waals surface area contributed by atoms with Crippen molar-refractivity contribution in [1.29, 1.82) is 0 Å². The molecule has 0 atom stereocenters. The van der Waals surface area contributed by atoms with Gasteiger partial charge in [-0.2, -0.15) is 0 Å². The van der Waals surface area contributed by atoms with Gasteiger partial charge in [0.2, 0.25) is 0 Å². The van der Waals surface area contributed by atoms with Crippen molar-refractivity contribution in [2.24, 2.45) is 0 Å². The molecule has 0 aliphatic heterocycles. The lowest BCUT2D eigenvalue weighted by Gasteiger charge is -2.09. The van der Waals surface area contributed by atoms with Crippen molar-refractivity contribution in [3.05, 3.63) is 53.1 Å². The molecule has 4 heteroatoms. The van der Waals surface area contributed by atoms with E-state index in [0.717, 1.165) is 11.1 Å². The molecule has 2 N–H and O–H groups in total. The fourth-order valence-electron chi connectivity index (χ4n) is 1.80. The zero-order valence-electron chi connectivity index (χ0n) is 10.5. The van der Waals surface area contributed by atoms with E-state index in [-0.39, 0.29) is 5.97 Å². The number of anilines is 1. The van der Waals surface area contributed by atoms with Crippen molar-refractivity contribution >= 4 is 23.3 Å². The minimum absolute atomic E-state index is 0.343. The number of ether oxygens (including phenoxy) is 1.